The first-order chi connectivity index (χ1) is 10.3. The van der Waals surface area contributed by atoms with Gasteiger partial charge in [0.15, 0.2) is 5.84 Å². The third-order valence-electron chi connectivity index (χ3n) is 4.06. The number of fused-ring (bicyclic) bond motifs is 1. The highest BCUT2D eigenvalue weighted by Crippen LogP contribution is 2.30. The second kappa shape index (κ2) is 5.99. The number of hydrogen-bond acceptors (Lipinski definition) is 4. The van der Waals surface area contributed by atoms with E-state index in [0.717, 1.165) is 23.2 Å². The molecule has 0 radical (unpaired) electrons. The van der Waals surface area contributed by atoms with Gasteiger partial charge in [-0.2, -0.15) is 0 Å². The molecule has 0 amide bonds. The largest absolute Gasteiger partial charge is 0.477 e. The zero-order valence-electron chi connectivity index (χ0n) is 11.8. The molecule has 0 unspecified atom stereocenters. The molecule has 5 nitrogen and oxygen atoms in total. The van der Waals surface area contributed by atoms with Crippen molar-refractivity contribution in [2.75, 3.05) is 6.61 Å². The van der Waals surface area contributed by atoms with Gasteiger partial charge in [-0.05, 0) is 24.5 Å². The van der Waals surface area contributed by atoms with Crippen molar-refractivity contribution in [2.45, 2.75) is 25.7 Å². The maximum atomic E-state index is 8.93. The summed E-state index contributed by atoms with van der Waals surface area (Å²) in [5, 5.41) is 12.9. The van der Waals surface area contributed by atoms with E-state index >= 15 is 0 Å². The normalized spacial score (nSPS) is 15.9. The number of ether oxygens (including phenoxy) is 1. The van der Waals surface area contributed by atoms with Crippen molar-refractivity contribution in [2.24, 2.45) is 16.8 Å². The van der Waals surface area contributed by atoms with Crippen LogP contribution in [0.5, 0.6) is 5.88 Å². The Labute approximate surface area is 123 Å². The van der Waals surface area contributed by atoms with Crippen molar-refractivity contribution < 1.29 is 9.94 Å². The van der Waals surface area contributed by atoms with Gasteiger partial charge < -0.3 is 15.7 Å². The fraction of sp³-hybridized carbons (Fsp3) is 0.375. The van der Waals surface area contributed by atoms with Gasteiger partial charge in [0.2, 0.25) is 5.88 Å². The molecule has 1 aliphatic carbocycles. The number of pyridine rings is 1. The Morgan fingerprint density at radius 2 is 2.19 bits per heavy atom. The Balaban J connectivity index is 1.86. The van der Waals surface area contributed by atoms with E-state index in [1.54, 1.807) is 0 Å². The number of nitrogens with two attached hydrogens (primary N) is 1. The van der Waals surface area contributed by atoms with Crippen LogP contribution in [-0.4, -0.2) is 22.6 Å². The van der Waals surface area contributed by atoms with Gasteiger partial charge in [0.25, 0.3) is 0 Å². The van der Waals surface area contributed by atoms with Crippen LogP contribution in [0.4, 0.5) is 0 Å². The van der Waals surface area contributed by atoms with Gasteiger partial charge in [-0.15, -0.1) is 0 Å². The molecule has 3 N–H and O–H groups in total. The topological polar surface area (TPSA) is 80.7 Å². The number of hydrogen-bond donors (Lipinski definition) is 2. The van der Waals surface area contributed by atoms with Crippen LogP contribution in [0.1, 0.15) is 31.2 Å². The molecule has 0 spiro atoms. The number of para-hydroxylation sites is 1. The van der Waals surface area contributed by atoms with Crippen LogP contribution >= 0.6 is 0 Å². The lowest BCUT2D eigenvalue weighted by Crippen LogP contribution is -2.18. The highest BCUT2D eigenvalue weighted by Gasteiger charge is 2.18. The summed E-state index contributed by atoms with van der Waals surface area (Å²) in [4.78, 5) is 4.49. The van der Waals surface area contributed by atoms with E-state index in [2.05, 4.69) is 10.1 Å². The van der Waals surface area contributed by atoms with Crippen molar-refractivity contribution in [1.82, 2.24) is 4.98 Å². The molecule has 1 aliphatic rings. The maximum Gasteiger partial charge on any atom is 0.225 e. The lowest BCUT2D eigenvalue weighted by atomic mass is 9.83. The molecule has 1 aromatic carbocycles. The molecule has 2 aromatic rings. The van der Waals surface area contributed by atoms with Gasteiger partial charge in [0, 0.05) is 5.39 Å². The lowest BCUT2D eigenvalue weighted by Gasteiger charge is -2.25. The highest BCUT2D eigenvalue weighted by molar-refractivity contribution is 6.02. The molecule has 0 saturated heterocycles. The van der Waals surface area contributed by atoms with Crippen LogP contribution in [0.3, 0.4) is 0 Å². The first kappa shape index (κ1) is 13.7. The maximum absolute atomic E-state index is 8.93. The van der Waals surface area contributed by atoms with E-state index in [9.17, 15) is 0 Å². The number of nitrogens with zero attached hydrogens (tertiary/aromatic N) is 2. The predicted molar refractivity (Wildman–Crippen MR) is 81.7 cm³/mol. The molecular formula is C16H19N3O2. The first-order valence-electron chi connectivity index (χ1n) is 7.28. The second-order valence-corrected chi connectivity index (χ2v) is 5.45. The van der Waals surface area contributed by atoms with Crippen molar-refractivity contribution in [1.29, 1.82) is 0 Å². The third-order valence-corrected chi connectivity index (χ3v) is 4.06. The summed E-state index contributed by atoms with van der Waals surface area (Å²) >= 11 is 0. The zero-order chi connectivity index (χ0) is 14.7. The van der Waals surface area contributed by atoms with Crippen LogP contribution in [0.2, 0.25) is 0 Å². The van der Waals surface area contributed by atoms with Crippen LogP contribution in [0, 0.1) is 5.92 Å². The smallest absolute Gasteiger partial charge is 0.225 e. The van der Waals surface area contributed by atoms with E-state index in [1.165, 1.54) is 19.3 Å². The Kier molecular flexibility index (Phi) is 3.90. The van der Waals surface area contributed by atoms with Crippen LogP contribution in [0.15, 0.2) is 35.5 Å². The van der Waals surface area contributed by atoms with E-state index in [0.29, 0.717) is 18.1 Å². The average molecular weight is 285 g/mol. The molecule has 0 aliphatic heterocycles. The molecule has 21 heavy (non-hydrogen) atoms. The summed E-state index contributed by atoms with van der Waals surface area (Å²) in [6, 6.07) is 9.56. The first-order valence-corrected chi connectivity index (χ1v) is 7.28. The SMILES string of the molecule is N/C(=N/O)c1cc2ccccc2nc1OCCC1CCC1. The average Bonchev–Trinajstić information content (AvgIpc) is 2.48. The van der Waals surface area contributed by atoms with E-state index in [4.69, 9.17) is 15.7 Å². The molecule has 1 fully saturated rings. The van der Waals surface area contributed by atoms with Gasteiger partial charge in [-0.1, -0.05) is 42.6 Å². The van der Waals surface area contributed by atoms with Crippen LogP contribution in [-0.2, 0) is 0 Å². The summed E-state index contributed by atoms with van der Waals surface area (Å²) in [5.41, 5.74) is 7.11. The highest BCUT2D eigenvalue weighted by atomic mass is 16.5. The summed E-state index contributed by atoms with van der Waals surface area (Å²) in [6.45, 7) is 0.613. The summed E-state index contributed by atoms with van der Waals surface area (Å²) in [7, 11) is 0. The van der Waals surface area contributed by atoms with Crippen molar-refractivity contribution >= 4 is 16.7 Å². The lowest BCUT2D eigenvalue weighted by molar-refractivity contribution is 0.217. The van der Waals surface area contributed by atoms with Gasteiger partial charge in [-0.25, -0.2) is 4.98 Å². The number of aromatic nitrogens is 1. The summed E-state index contributed by atoms with van der Waals surface area (Å²) < 4.78 is 5.79. The standard InChI is InChI=1S/C16H19N3O2/c17-15(19-20)13-10-12-6-1-2-7-14(12)18-16(13)21-9-8-11-4-3-5-11/h1-2,6-7,10-11,20H,3-5,8-9H2,(H2,17,19). The van der Waals surface area contributed by atoms with Gasteiger partial charge in [0.1, 0.15) is 0 Å². The number of benzene rings is 1. The Morgan fingerprint density at radius 1 is 1.38 bits per heavy atom. The predicted octanol–water partition coefficient (Wildman–Crippen LogP) is 2.90. The minimum atomic E-state index is 0.0203. The van der Waals surface area contributed by atoms with Crippen LogP contribution < -0.4 is 10.5 Å². The van der Waals surface area contributed by atoms with Crippen molar-refractivity contribution in [3.8, 4) is 5.88 Å². The Hall–Kier alpha value is -2.30. The molecule has 0 atom stereocenters. The fourth-order valence-corrected chi connectivity index (χ4v) is 2.55. The van der Waals surface area contributed by atoms with Gasteiger partial charge in [0.05, 0.1) is 17.7 Å². The monoisotopic (exact) mass is 285 g/mol. The van der Waals surface area contributed by atoms with E-state index in [1.807, 2.05) is 30.3 Å². The molecule has 0 bridgehead atoms. The van der Waals surface area contributed by atoms with Crippen molar-refractivity contribution in [3.05, 3.63) is 35.9 Å². The molecule has 3 rings (SSSR count). The fourth-order valence-electron chi connectivity index (χ4n) is 2.55. The summed E-state index contributed by atoms with van der Waals surface area (Å²) in [6.07, 6.45) is 4.95. The number of amidine groups is 1. The van der Waals surface area contributed by atoms with E-state index < -0.39 is 0 Å². The number of rotatable bonds is 5. The number of oxime groups is 1. The quantitative estimate of drug-likeness (QED) is 0.383. The molecule has 5 heteroatoms. The Bertz CT molecular complexity index is 666. The van der Waals surface area contributed by atoms with E-state index in [-0.39, 0.29) is 5.84 Å². The summed E-state index contributed by atoms with van der Waals surface area (Å²) in [5.74, 6) is 1.23. The van der Waals surface area contributed by atoms with Crippen molar-refractivity contribution in [3.63, 3.8) is 0 Å². The molecule has 1 aromatic heterocycles. The van der Waals surface area contributed by atoms with Crippen LogP contribution in [0.25, 0.3) is 10.9 Å². The van der Waals surface area contributed by atoms with Gasteiger partial charge in [-0.3, -0.25) is 0 Å². The molecular weight excluding hydrogens is 266 g/mol. The molecule has 1 saturated carbocycles. The Morgan fingerprint density at radius 3 is 2.90 bits per heavy atom. The third kappa shape index (κ3) is 2.91. The zero-order valence-corrected chi connectivity index (χ0v) is 11.8. The molecule has 110 valence electrons. The second-order valence-electron chi connectivity index (χ2n) is 5.45. The minimum Gasteiger partial charge on any atom is -0.477 e. The van der Waals surface area contributed by atoms with Gasteiger partial charge >= 0.3 is 0 Å². The molecule has 1 heterocycles. The minimum absolute atomic E-state index is 0.0203.